The zero-order chi connectivity index (χ0) is 22.7. The minimum atomic E-state index is -0.272. The maximum atomic E-state index is 13.2. The topological polar surface area (TPSA) is 71.8 Å². The molecule has 6 rings (SSSR count). The third-order valence-electron chi connectivity index (χ3n) is 6.68. The highest BCUT2D eigenvalue weighted by molar-refractivity contribution is 6.37. The minimum absolute atomic E-state index is 0.272. The van der Waals surface area contributed by atoms with Crippen LogP contribution in [0.15, 0.2) is 53.6 Å². The maximum absolute atomic E-state index is 13.2. The molecule has 4 aromatic rings. The number of aryl methyl sites for hydroxylation is 1. The summed E-state index contributed by atoms with van der Waals surface area (Å²) in [5.41, 5.74) is 5.64. The van der Waals surface area contributed by atoms with Gasteiger partial charge in [0.2, 0.25) is 5.95 Å². The fourth-order valence-corrected chi connectivity index (χ4v) is 5.40. The third-order valence-corrected chi connectivity index (χ3v) is 7.29. The minimum Gasteiger partial charge on any atom is -0.324 e. The summed E-state index contributed by atoms with van der Waals surface area (Å²) in [5.74, 6) is 0.448. The van der Waals surface area contributed by atoms with E-state index in [9.17, 15) is 4.79 Å². The van der Waals surface area contributed by atoms with E-state index in [0.29, 0.717) is 38.0 Å². The molecule has 6 nitrogen and oxygen atoms in total. The van der Waals surface area contributed by atoms with Crippen molar-refractivity contribution in [3.05, 3.63) is 85.9 Å². The quantitative estimate of drug-likeness (QED) is 0.420. The van der Waals surface area contributed by atoms with Gasteiger partial charge >= 0.3 is 0 Å². The van der Waals surface area contributed by atoms with Gasteiger partial charge in [-0.3, -0.25) is 9.36 Å². The van der Waals surface area contributed by atoms with Crippen molar-refractivity contribution in [2.75, 3.05) is 11.9 Å². The van der Waals surface area contributed by atoms with Crippen LogP contribution in [-0.4, -0.2) is 21.1 Å². The molecule has 0 unspecified atom stereocenters. The number of halogens is 2. The Hall–Kier alpha value is -2.93. The molecule has 33 heavy (non-hydrogen) atoms. The Kier molecular flexibility index (Phi) is 4.73. The molecule has 1 saturated carbocycles. The zero-order valence-corrected chi connectivity index (χ0v) is 19.5. The molecule has 0 radical (unpaired) electrons. The molecule has 2 N–H and O–H groups in total. The van der Waals surface area contributed by atoms with Crippen molar-refractivity contribution in [1.82, 2.24) is 19.9 Å². The number of hydrogen-bond donors (Lipinski definition) is 2. The molecule has 166 valence electrons. The smallest absolute Gasteiger partial charge is 0.266 e. The average molecular weight is 478 g/mol. The number of aromatic nitrogens is 3. The fraction of sp³-hybridized carbons (Fsp3) is 0.240. The van der Waals surface area contributed by atoms with E-state index in [-0.39, 0.29) is 5.56 Å². The van der Waals surface area contributed by atoms with Crippen molar-refractivity contribution in [3.8, 4) is 5.69 Å². The van der Waals surface area contributed by atoms with Gasteiger partial charge in [0.1, 0.15) is 0 Å². The van der Waals surface area contributed by atoms with Crippen molar-refractivity contribution in [1.29, 1.82) is 0 Å². The number of pyridine rings is 1. The van der Waals surface area contributed by atoms with E-state index in [1.807, 2.05) is 6.92 Å². The monoisotopic (exact) mass is 477 g/mol. The summed E-state index contributed by atoms with van der Waals surface area (Å²) >= 11 is 12.7. The van der Waals surface area contributed by atoms with E-state index >= 15 is 0 Å². The molecular weight excluding hydrogens is 457 g/mol. The van der Waals surface area contributed by atoms with Crippen LogP contribution in [0.2, 0.25) is 10.0 Å². The lowest BCUT2D eigenvalue weighted by Crippen LogP contribution is -2.33. The van der Waals surface area contributed by atoms with E-state index in [1.165, 1.54) is 28.5 Å². The molecule has 1 aliphatic heterocycles. The number of nitrogens with one attached hydrogen (secondary N) is 2. The Morgan fingerprint density at radius 2 is 1.94 bits per heavy atom. The first kappa shape index (κ1) is 20.7. The second-order valence-electron chi connectivity index (χ2n) is 8.89. The Morgan fingerprint density at radius 3 is 2.70 bits per heavy atom. The van der Waals surface area contributed by atoms with Crippen molar-refractivity contribution in [2.24, 2.45) is 0 Å². The summed E-state index contributed by atoms with van der Waals surface area (Å²) in [6.45, 7) is 3.84. The van der Waals surface area contributed by atoms with Gasteiger partial charge in [0.25, 0.3) is 5.56 Å². The van der Waals surface area contributed by atoms with Gasteiger partial charge in [-0.1, -0.05) is 35.3 Å². The molecular formula is C25H21Cl2N5O. The Balaban J connectivity index is 1.38. The number of benzene rings is 2. The molecule has 8 heteroatoms. The highest BCUT2D eigenvalue weighted by Gasteiger charge is 2.46. The van der Waals surface area contributed by atoms with Crippen molar-refractivity contribution in [3.63, 3.8) is 0 Å². The number of hydrogen-bond acceptors (Lipinski definition) is 5. The van der Waals surface area contributed by atoms with Crippen LogP contribution in [0.5, 0.6) is 0 Å². The lowest BCUT2D eigenvalue weighted by Gasteiger charge is -2.26. The molecule has 2 aliphatic rings. The van der Waals surface area contributed by atoms with Gasteiger partial charge in [0.15, 0.2) is 0 Å². The summed E-state index contributed by atoms with van der Waals surface area (Å²) in [6.07, 6.45) is 5.78. The number of rotatable bonds is 3. The van der Waals surface area contributed by atoms with Crippen LogP contribution in [0.1, 0.15) is 29.5 Å². The summed E-state index contributed by atoms with van der Waals surface area (Å²) in [7, 11) is 0. The van der Waals surface area contributed by atoms with E-state index < -0.39 is 0 Å². The molecule has 1 spiro atoms. The van der Waals surface area contributed by atoms with Crippen LogP contribution in [0.4, 0.5) is 11.6 Å². The Morgan fingerprint density at radius 1 is 1.15 bits per heavy atom. The van der Waals surface area contributed by atoms with Crippen LogP contribution in [0, 0.1) is 6.92 Å². The van der Waals surface area contributed by atoms with Gasteiger partial charge in [-0.15, -0.1) is 0 Å². The predicted molar refractivity (Wildman–Crippen MR) is 132 cm³/mol. The van der Waals surface area contributed by atoms with Crippen LogP contribution in [-0.2, 0) is 12.0 Å². The van der Waals surface area contributed by atoms with Crippen molar-refractivity contribution >= 4 is 45.7 Å². The van der Waals surface area contributed by atoms with E-state index in [4.69, 9.17) is 23.2 Å². The number of nitrogens with zero attached hydrogens (tertiary/aromatic N) is 3. The third kappa shape index (κ3) is 3.41. The number of fused-ring (bicyclic) bond motifs is 3. The second kappa shape index (κ2) is 7.55. The Bertz CT molecular complexity index is 1470. The van der Waals surface area contributed by atoms with Crippen molar-refractivity contribution in [2.45, 2.75) is 31.7 Å². The summed E-state index contributed by atoms with van der Waals surface area (Å²) in [5, 5.41) is 8.04. The molecule has 2 aromatic carbocycles. The molecule has 1 fully saturated rings. The molecule has 0 amide bonds. The highest BCUT2D eigenvalue weighted by Crippen LogP contribution is 2.50. The van der Waals surface area contributed by atoms with Gasteiger partial charge < -0.3 is 10.6 Å². The number of anilines is 2. The van der Waals surface area contributed by atoms with Gasteiger partial charge in [-0.2, -0.15) is 0 Å². The normalized spacial score (nSPS) is 16.1. The van der Waals surface area contributed by atoms with E-state index in [2.05, 4.69) is 38.8 Å². The predicted octanol–water partition coefficient (Wildman–Crippen LogP) is 5.27. The molecule has 1 aliphatic carbocycles. The first-order chi connectivity index (χ1) is 15.9. The summed E-state index contributed by atoms with van der Waals surface area (Å²) in [4.78, 5) is 22.3. The van der Waals surface area contributed by atoms with Gasteiger partial charge in [-0.05, 0) is 60.7 Å². The molecule has 0 saturated heterocycles. The first-order valence-electron chi connectivity index (χ1n) is 10.9. The SMILES string of the molecule is Cc1cn(-c2c(Cl)cccc2Cl)c(=O)c2cnc(Nc3ccc4c(c3)CNCC43CC3)nc12. The first-order valence-corrected chi connectivity index (χ1v) is 11.7. The summed E-state index contributed by atoms with van der Waals surface area (Å²) in [6, 6.07) is 11.6. The average Bonchev–Trinajstić information content (AvgIpc) is 3.57. The molecule has 2 aromatic heterocycles. The zero-order valence-electron chi connectivity index (χ0n) is 18.0. The van der Waals surface area contributed by atoms with Crippen LogP contribution in [0.3, 0.4) is 0 Å². The lowest BCUT2D eigenvalue weighted by molar-refractivity contribution is 0.531. The van der Waals surface area contributed by atoms with Crippen LogP contribution in [0.25, 0.3) is 16.6 Å². The molecule has 0 atom stereocenters. The van der Waals surface area contributed by atoms with Crippen LogP contribution < -0.4 is 16.2 Å². The highest BCUT2D eigenvalue weighted by atomic mass is 35.5. The van der Waals surface area contributed by atoms with E-state index in [1.54, 1.807) is 30.6 Å². The van der Waals surface area contributed by atoms with Gasteiger partial charge in [-0.25, -0.2) is 9.97 Å². The van der Waals surface area contributed by atoms with Gasteiger partial charge in [0, 0.05) is 36.6 Å². The standard InChI is InChI=1S/C25H21Cl2N5O/c1-14-12-32(22-19(26)3-2-4-20(22)27)23(33)17-11-29-24(31-21(14)17)30-16-5-6-18-15(9-16)10-28-13-25(18)7-8-25/h2-6,9,11-12,28H,7-8,10,13H2,1H3,(H,29,30,31). The van der Waals surface area contributed by atoms with Gasteiger partial charge in [0.05, 0.1) is 26.6 Å². The molecule has 0 bridgehead atoms. The maximum Gasteiger partial charge on any atom is 0.266 e. The lowest BCUT2D eigenvalue weighted by atomic mass is 9.88. The Labute approximate surface area is 200 Å². The largest absolute Gasteiger partial charge is 0.324 e. The van der Waals surface area contributed by atoms with Crippen molar-refractivity contribution < 1.29 is 0 Å². The molecule has 3 heterocycles. The van der Waals surface area contributed by atoms with Crippen LogP contribution >= 0.6 is 23.2 Å². The van der Waals surface area contributed by atoms with E-state index in [0.717, 1.165) is 24.3 Å². The summed E-state index contributed by atoms with van der Waals surface area (Å²) < 4.78 is 1.46. The fourth-order valence-electron chi connectivity index (χ4n) is 4.82. The number of para-hydroxylation sites is 1. The second-order valence-corrected chi connectivity index (χ2v) is 9.71.